The first-order chi connectivity index (χ1) is 16.0. The Hall–Kier alpha value is -4.14. The fourth-order valence-electron chi connectivity index (χ4n) is 4.14. The second-order valence-corrected chi connectivity index (χ2v) is 7.65. The zero-order valence-electron chi connectivity index (χ0n) is 17.5. The maximum absolute atomic E-state index is 14.5. The van der Waals surface area contributed by atoms with Crippen LogP contribution in [0.1, 0.15) is 5.56 Å². The van der Waals surface area contributed by atoms with Gasteiger partial charge in [0.1, 0.15) is 17.3 Å². The van der Waals surface area contributed by atoms with Gasteiger partial charge in [-0.3, -0.25) is 9.59 Å². The molecular weight excluding hydrogens is 428 g/mol. The zero-order valence-corrected chi connectivity index (χ0v) is 17.5. The van der Waals surface area contributed by atoms with Crippen LogP contribution in [0, 0.1) is 11.6 Å². The van der Waals surface area contributed by atoms with Crippen molar-refractivity contribution in [2.75, 3.05) is 36.0 Å². The monoisotopic (exact) mass is 447 g/mol. The molecule has 0 unspecified atom stereocenters. The lowest BCUT2D eigenvalue weighted by Gasteiger charge is -2.36. The van der Waals surface area contributed by atoms with Crippen LogP contribution in [0.2, 0.25) is 0 Å². The molecule has 0 spiro atoms. The van der Waals surface area contributed by atoms with Crippen molar-refractivity contribution in [3.63, 3.8) is 0 Å². The lowest BCUT2D eigenvalue weighted by Crippen LogP contribution is -2.48. The maximum Gasteiger partial charge on any atom is 0.282 e. The molecule has 0 bridgehead atoms. The van der Waals surface area contributed by atoms with E-state index in [1.807, 2.05) is 9.80 Å². The van der Waals surface area contributed by atoms with Crippen LogP contribution >= 0.6 is 0 Å². The van der Waals surface area contributed by atoms with E-state index in [4.69, 9.17) is 0 Å². The third kappa shape index (κ3) is 3.71. The Morgan fingerprint density at radius 2 is 1.42 bits per heavy atom. The van der Waals surface area contributed by atoms with E-state index < -0.39 is 29.1 Å². The Morgan fingerprint density at radius 3 is 2.12 bits per heavy atom. The summed E-state index contributed by atoms with van der Waals surface area (Å²) >= 11 is 0. The summed E-state index contributed by atoms with van der Waals surface area (Å²) in [6, 6.07) is 13.2. The van der Waals surface area contributed by atoms with Gasteiger partial charge >= 0.3 is 0 Å². The normalized spacial score (nSPS) is 16.7. The average Bonchev–Trinajstić information content (AvgIpc) is 3.11. The van der Waals surface area contributed by atoms with Gasteiger partial charge in [-0.1, -0.05) is 30.3 Å². The highest BCUT2D eigenvalue weighted by Gasteiger charge is 2.44. The first-order valence-corrected chi connectivity index (χ1v) is 10.4. The SMILES string of the molecule is O=C1C(c2ccccc2)=C(N2CCN(c3ncccn3)CC2)C(=O)N1c1cc(F)ccc1F. The molecule has 3 heterocycles. The van der Waals surface area contributed by atoms with Gasteiger partial charge in [0, 0.05) is 44.6 Å². The molecule has 9 heteroatoms. The number of halogens is 2. The standard InChI is InChI=1S/C24H19F2N5O2/c25-17-7-8-18(26)19(15-17)31-22(32)20(16-5-2-1-3-6-16)21(23(31)33)29-11-13-30(14-12-29)24-27-9-4-10-28-24/h1-10,15H,11-14H2. The van der Waals surface area contributed by atoms with Gasteiger partial charge in [0.25, 0.3) is 11.8 Å². The van der Waals surface area contributed by atoms with E-state index in [9.17, 15) is 18.4 Å². The fourth-order valence-corrected chi connectivity index (χ4v) is 4.14. The van der Waals surface area contributed by atoms with Crippen LogP contribution in [-0.4, -0.2) is 52.9 Å². The van der Waals surface area contributed by atoms with Crippen molar-refractivity contribution in [3.05, 3.63) is 89.9 Å². The number of hydrogen-bond donors (Lipinski definition) is 0. The minimum atomic E-state index is -0.849. The number of rotatable bonds is 4. The number of carbonyl (C=O) groups excluding carboxylic acids is 2. The summed E-state index contributed by atoms with van der Waals surface area (Å²) in [5, 5.41) is 0. The smallest absolute Gasteiger partial charge is 0.282 e. The van der Waals surface area contributed by atoms with Crippen LogP contribution in [-0.2, 0) is 9.59 Å². The second kappa shape index (κ2) is 8.42. The zero-order chi connectivity index (χ0) is 22.9. The minimum absolute atomic E-state index is 0.175. The van der Waals surface area contributed by atoms with Crippen molar-refractivity contribution in [1.29, 1.82) is 0 Å². The van der Waals surface area contributed by atoms with E-state index in [1.54, 1.807) is 48.8 Å². The van der Waals surface area contributed by atoms with Gasteiger partial charge in [-0.25, -0.2) is 23.6 Å². The highest BCUT2D eigenvalue weighted by Crippen LogP contribution is 2.36. The van der Waals surface area contributed by atoms with Gasteiger partial charge < -0.3 is 9.80 Å². The lowest BCUT2D eigenvalue weighted by atomic mass is 10.0. The number of aromatic nitrogens is 2. The van der Waals surface area contributed by atoms with E-state index in [0.717, 1.165) is 23.1 Å². The van der Waals surface area contributed by atoms with Crippen LogP contribution in [0.15, 0.2) is 72.7 Å². The number of nitrogens with zero attached hydrogens (tertiary/aromatic N) is 5. The summed E-state index contributed by atoms with van der Waals surface area (Å²) in [4.78, 5) is 40.0. The molecule has 5 rings (SSSR count). The van der Waals surface area contributed by atoms with Crippen LogP contribution in [0.5, 0.6) is 0 Å². The molecule has 2 aliphatic heterocycles. The number of benzene rings is 2. The lowest BCUT2D eigenvalue weighted by molar-refractivity contribution is -0.120. The maximum atomic E-state index is 14.5. The molecule has 166 valence electrons. The molecule has 7 nitrogen and oxygen atoms in total. The van der Waals surface area contributed by atoms with E-state index >= 15 is 0 Å². The van der Waals surface area contributed by atoms with Gasteiger partial charge in [-0.2, -0.15) is 0 Å². The quantitative estimate of drug-likeness (QED) is 0.573. The Kier molecular flexibility index (Phi) is 5.29. The van der Waals surface area contributed by atoms with Gasteiger partial charge in [0.05, 0.1) is 11.3 Å². The second-order valence-electron chi connectivity index (χ2n) is 7.65. The van der Waals surface area contributed by atoms with Gasteiger partial charge in [-0.15, -0.1) is 0 Å². The predicted octanol–water partition coefficient (Wildman–Crippen LogP) is 2.86. The van der Waals surface area contributed by atoms with Crippen molar-refractivity contribution in [2.24, 2.45) is 0 Å². The summed E-state index contributed by atoms with van der Waals surface area (Å²) < 4.78 is 28.4. The molecule has 1 aromatic heterocycles. The summed E-state index contributed by atoms with van der Waals surface area (Å²) in [7, 11) is 0. The number of imide groups is 1. The molecule has 3 aromatic rings. The number of carbonyl (C=O) groups is 2. The van der Waals surface area contributed by atoms with Crippen LogP contribution in [0.25, 0.3) is 5.57 Å². The summed E-state index contributed by atoms with van der Waals surface area (Å²) in [6.07, 6.45) is 3.32. The average molecular weight is 447 g/mol. The molecule has 0 radical (unpaired) electrons. The third-order valence-corrected chi connectivity index (χ3v) is 5.70. The first-order valence-electron chi connectivity index (χ1n) is 10.4. The molecule has 1 saturated heterocycles. The summed E-state index contributed by atoms with van der Waals surface area (Å²) in [5.41, 5.74) is 0.501. The van der Waals surface area contributed by atoms with Gasteiger partial charge in [0.2, 0.25) is 5.95 Å². The molecule has 2 amide bonds. The molecular formula is C24H19F2N5O2. The molecule has 1 fully saturated rings. The molecule has 0 aliphatic carbocycles. The largest absolute Gasteiger partial charge is 0.363 e. The summed E-state index contributed by atoms with van der Waals surface area (Å²) in [5.74, 6) is -2.35. The fraction of sp³-hybridized carbons (Fsp3) is 0.167. The number of amides is 2. The summed E-state index contributed by atoms with van der Waals surface area (Å²) in [6.45, 7) is 1.93. The van der Waals surface area contributed by atoms with E-state index in [0.29, 0.717) is 37.7 Å². The Bertz CT molecular complexity index is 1240. The molecule has 0 N–H and O–H groups in total. The first kappa shape index (κ1) is 20.7. The Morgan fingerprint density at radius 1 is 0.758 bits per heavy atom. The number of hydrogen-bond acceptors (Lipinski definition) is 6. The number of piperazine rings is 1. The van der Waals surface area contributed by atoms with Gasteiger partial charge in [0.15, 0.2) is 0 Å². The van der Waals surface area contributed by atoms with Crippen LogP contribution in [0.4, 0.5) is 20.4 Å². The van der Waals surface area contributed by atoms with Crippen LogP contribution < -0.4 is 9.80 Å². The molecule has 0 saturated carbocycles. The number of anilines is 2. The minimum Gasteiger partial charge on any atom is -0.363 e. The van der Waals surface area contributed by atoms with Crippen molar-refractivity contribution in [3.8, 4) is 0 Å². The third-order valence-electron chi connectivity index (χ3n) is 5.70. The molecule has 33 heavy (non-hydrogen) atoms. The van der Waals surface area contributed by atoms with Gasteiger partial charge in [-0.05, 0) is 23.8 Å². The highest BCUT2D eigenvalue weighted by atomic mass is 19.1. The van der Waals surface area contributed by atoms with E-state index in [-0.39, 0.29) is 11.3 Å². The molecule has 2 aromatic carbocycles. The molecule has 0 atom stereocenters. The predicted molar refractivity (Wildman–Crippen MR) is 118 cm³/mol. The van der Waals surface area contributed by atoms with Crippen molar-refractivity contribution in [1.82, 2.24) is 14.9 Å². The van der Waals surface area contributed by atoms with Crippen LogP contribution in [0.3, 0.4) is 0 Å². The van der Waals surface area contributed by atoms with Crippen molar-refractivity contribution < 1.29 is 18.4 Å². The Labute approximate surface area is 188 Å². The Balaban J connectivity index is 1.51. The topological polar surface area (TPSA) is 69.6 Å². The van der Waals surface area contributed by atoms with E-state index in [1.165, 1.54) is 0 Å². The van der Waals surface area contributed by atoms with Crippen molar-refractivity contribution >= 4 is 29.0 Å². The van der Waals surface area contributed by atoms with E-state index in [2.05, 4.69) is 9.97 Å². The van der Waals surface area contributed by atoms with Crippen molar-refractivity contribution in [2.45, 2.75) is 0 Å². The highest BCUT2D eigenvalue weighted by molar-refractivity contribution is 6.45. The molecule has 2 aliphatic rings.